The van der Waals surface area contributed by atoms with Gasteiger partial charge in [0, 0.05) is 5.56 Å². The van der Waals surface area contributed by atoms with E-state index < -0.39 is 23.3 Å². The van der Waals surface area contributed by atoms with Gasteiger partial charge in [-0.2, -0.15) is 0 Å². The molecule has 0 aliphatic heterocycles. The Morgan fingerprint density at radius 1 is 1.11 bits per heavy atom. The first-order chi connectivity index (χ1) is 12.8. The number of nitrogens with two attached hydrogens (primary N) is 1. The van der Waals surface area contributed by atoms with Crippen molar-refractivity contribution in [2.75, 3.05) is 20.8 Å². The number of carboxylic acid groups (broad SMARTS) is 1. The van der Waals surface area contributed by atoms with Crippen LogP contribution in [0.15, 0.2) is 12.1 Å². The third kappa shape index (κ3) is 4.60. The van der Waals surface area contributed by atoms with Crippen LogP contribution >= 0.6 is 0 Å². The van der Waals surface area contributed by atoms with Crippen LogP contribution < -0.4 is 25.3 Å². The predicted octanol–water partition coefficient (Wildman–Crippen LogP) is 1.09. The SMILES string of the molecule is COc1cc(C(=O)NC2(C(=O)O)CCCCC2)cc(OC)c1OCC(N)=O. The number of rotatable bonds is 8. The van der Waals surface area contributed by atoms with Gasteiger partial charge in [0.1, 0.15) is 5.54 Å². The molecule has 0 heterocycles. The van der Waals surface area contributed by atoms with E-state index in [9.17, 15) is 19.5 Å². The molecule has 1 aliphatic rings. The van der Waals surface area contributed by atoms with Crippen molar-refractivity contribution in [2.24, 2.45) is 5.73 Å². The molecule has 0 spiro atoms. The van der Waals surface area contributed by atoms with Crippen molar-refractivity contribution in [3.63, 3.8) is 0 Å². The van der Waals surface area contributed by atoms with Crippen LogP contribution in [0.3, 0.4) is 0 Å². The molecular weight excluding hydrogens is 356 g/mol. The summed E-state index contributed by atoms with van der Waals surface area (Å²) in [5.74, 6) is -1.83. The molecule has 1 saturated carbocycles. The lowest BCUT2D eigenvalue weighted by Gasteiger charge is -2.34. The lowest BCUT2D eigenvalue weighted by atomic mass is 9.81. The zero-order valence-electron chi connectivity index (χ0n) is 15.4. The first-order valence-corrected chi connectivity index (χ1v) is 8.56. The van der Waals surface area contributed by atoms with Crippen LogP contribution in [-0.4, -0.2) is 49.3 Å². The number of benzene rings is 1. The summed E-state index contributed by atoms with van der Waals surface area (Å²) in [5.41, 5.74) is 3.96. The molecule has 0 radical (unpaired) electrons. The molecule has 0 unspecified atom stereocenters. The molecule has 2 amide bonds. The van der Waals surface area contributed by atoms with Crippen LogP contribution in [0.4, 0.5) is 0 Å². The standard InChI is InChI=1S/C18H24N2O7/c1-25-12-8-11(9-13(26-2)15(12)27-10-14(19)21)16(22)20-18(17(23)24)6-4-3-5-7-18/h8-9H,3-7,10H2,1-2H3,(H2,19,21)(H,20,22)(H,23,24). The second kappa shape index (κ2) is 8.61. The van der Waals surface area contributed by atoms with Crippen molar-refractivity contribution in [1.29, 1.82) is 0 Å². The Labute approximate surface area is 156 Å². The maximum atomic E-state index is 12.7. The molecule has 0 bridgehead atoms. The van der Waals surface area contributed by atoms with Crippen LogP contribution in [0.1, 0.15) is 42.5 Å². The second-order valence-electron chi connectivity index (χ2n) is 6.37. The second-order valence-corrected chi connectivity index (χ2v) is 6.37. The van der Waals surface area contributed by atoms with Gasteiger partial charge in [-0.3, -0.25) is 9.59 Å². The minimum absolute atomic E-state index is 0.126. The van der Waals surface area contributed by atoms with Crippen molar-refractivity contribution < 1.29 is 33.7 Å². The van der Waals surface area contributed by atoms with Gasteiger partial charge in [0.2, 0.25) is 5.75 Å². The largest absolute Gasteiger partial charge is 0.493 e. The highest BCUT2D eigenvalue weighted by atomic mass is 16.5. The quantitative estimate of drug-likeness (QED) is 0.614. The summed E-state index contributed by atoms with van der Waals surface area (Å²) in [6.45, 7) is -0.389. The van der Waals surface area contributed by atoms with Crippen LogP contribution in [0, 0.1) is 0 Å². The molecule has 27 heavy (non-hydrogen) atoms. The number of carboxylic acids is 1. The summed E-state index contributed by atoms with van der Waals surface area (Å²) in [7, 11) is 2.74. The molecule has 0 aromatic heterocycles. The van der Waals surface area contributed by atoms with Gasteiger partial charge >= 0.3 is 5.97 Å². The Balaban J connectivity index is 2.32. The number of hydrogen-bond acceptors (Lipinski definition) is 6. The van der Waals surface area contributed by atoms with Gasteiger partial charge in [-0.05, 0) is 25.0 Å². The van der Waals surface area contributed by atoms with Crippen molar-refractivity contribution >= 4 is 17.8 Å². The van der Waals surface area contributed by atoms with Crippen molar-refractivity contribution in [3.8, 4) is 17.2 Å². The van der Waals surface area contributed by atoms with Crippen molar-refractivity contribution in [1.82, 2.24) is 5.32 Å². The highest BCUT2D eigenvalue weighted by Crippen LogP contribution is 2.39. The van der Waals surface area contributed by atoms with Crippen LogP contribution in [0.25, 0.3) is 0 Å². The van der Waals surface area contributed by atoms with Crippen LogP contribution in [0.5, 0.6) is 17.2 Å². The van der Waals surface area contributed by atoms with Gasteiger partial charge in [0.15, 0.2) is 18.1 Å². The summed E-state index contributed by atoms with van der Waals surface area (Å²) in [4.78, 5) is 35.5. The number of hydrogen-bond donors (Lipinski definition) is 3. The number of methoxy groups -OCH3 is 2. The molecule has 1 aliphatic carbocycles. The maximum absolute atomic E-state index is 12.7. The van der Waals surface area contributed by atoms with Gasteiger partial charge in [-0.1, -0.05) is 19.3 Å². The Morgan fingerprint density at radius 2 is 1.67 bits per heavy atom. The highest BCUT2D eigenvalue weighted by molar-refractivity contribution is 5.99. The first-order valence-electron chi connectivity index (χ1n) is 8.56. The lowest BCUT2D eigenvalue weighted by molar-refractivity contribution is -0.146. The summed E-state index contributed by atoms with van der Waals surface area (Å²) in [6, 6.07) is 2.79. The van der Waals surface area contributed by atoms with E-state index in [4.69, 9.17) is 19.9 Å². The fourth-order valence-corrected chi connectivity index (χ4v) is 3.13. The number of nitrogens with one attached hydrogen (secondary N) is 1. The van der Waals surface area contributed by atoms with Gasteiger partial charge in [0.05, 0.1) is 14.2 Å². The molecule has 9 heteroatoms. The molecule has 0 saturated heterocycles. The monoisotopic (exact) mass is 380 g/mol. The third-order valence-electron chi connectivity index (χ3n) is 4.55. The Bertz CT molecular complexity index is 701. The maximum Gasteiger partial charge on any atom is 0.329 e. The minimum atomic E-state index is -1.28. The zero-order chi connectivity index (χ0) is 20.0. The summed E-state index contributed by atoms with van der Waals surface area (Å²) in [6.07, 6.45) is 3.17. The van der Waals surface area contributed by atoms with E-state index >= 15 is 0 Å². The van der Waals surface area contributed by atoms with Crippen LogP contribution in [-0.2, 0) is 9.59 Å². The fourth-order valence-electron chi connectivity index (χ4n) is 3.13. The average Bonchev–Trinajstić information content (AvgIpc) is 2.66. The molecule has 1 aromatic rings. The molecular formula is C18H24N2O7. The van der Waals surface area contributed by atoms with Gasteiger partial charge < -0.3 is 30.4 Å². The molecule has 1 fully saturated rings. The fraction of sp³-hybridized carbons (Fsp3) is 0.500. The highest BCUT2D eigenvalue weighted by Gasteiger charge is 2.41. The summed E-state index contributed by atoms with van der Waals surface area (Å²) in [5, 5.41) is 12.3. The topological polar surface area (TPSA) is 137 Å². The van der Waals surface area contributed by atoms with E-state index in [2.05, 4.69) is 5.32 Å². The summed E-state index contributed by atoms with van der Waals surface area (Å²) < 4.78 is 15.7. The van der Waals surface area contributed by atoms with Crippen LogP contribution in [0.2, 0.25) is 0 Å². The van der Waals surface area contributed by atoms with Gasteiger partial charge in [0.25, 0.3) is 11.8 Å². The number of ether oxygens (including phenoxy) is 3. The molecule has 4 N–H and O–H groups in total. The van der Waals surface area contributed by atoms with E-state index in [-0.39, 0.29) is 29.4 Å². The lowest BCUT2D eigenvalue weighted by Crippen LogP contribution is -2.55. The first kappa shape index (κ1) is 20.3. The Hall–Kier alpha value is -2.97. The average molecular weight is 380 g/mol. The minimum Gasteiger partial charge on any atom is -0.493 e. The third-order valence-corrected chi connectivity index (χ3v) is 4.55. The molecule has 1 aromatic carbocycles. The van der Waals surface area contributed by atoms with Gasteiger partial charge in [-0.15, -0.1) is 0 Å². The molecule has 9 nitrogen and oxygen atoms in total. The number of carbonyl (C=O) groups is 3. The Kier molecular flexibility index (Phi) is 6.49. The molecule has 2 rings (SSSR count). The smallest absolute Gasteiger partial charge is 0.329 e. The summed E-state index contributed by atoms with van der Waals surface area (Å²) >= 11 is 0. The number of amides is 2. The van der Waals surface area contributed by atoms with Crippen molar-refractivity contribution in [2.45, 2.75) is 37.6 Å². The van der Waals surface area contributed by atoms with E-state index in [1.54, 1.807) is 0 Å². The number of carbonyl (C=O) groups excluding carboxylic acids is 2. The Morgan fingerprint density at radius 3 is 2.11 bits per heavy atom. The molecule has 0 atom stereocenters. The number of aliphatic carboxylic acids is 1. The normalized spacial score (nSPS) is 15.5. The van der Waals surface area contributed by atoms with E-state index in [0.717, 1.165) is 19.3 Å². The zero-order valence-corrected chi connectivity index (χ0v) is 15.4. The van der Waals surface area contributed by atoms with E-state index in [1.165, 1.54) is 26.4 Å². The van der Waals surface area contributed by atoms with Gasteiger partial charge in [-0.25, -0.2) is 4.79 Å². The van der Waals surface area contributed by atoms with Crippen molar-refractivity contribution in [3.05, 3.63) is 17.7 Å². The predicted molar refractivity (Wildman–Crippen MR) is 95.2 cm³/mol. The number of primary amides is 1. The van der Waals surface area contributed by atoms with E-state index in [0.29, 0.717) is 12.8 Å². The van der Waals surface area contributed by atoms with E-state index in [1.807, 2.05) is 0 Å². The molecule has 148 valence electrons.